The van der Waals surface area contributed by atoms with E-state index in [1.54, 1.807) is 6.92 Å². The monoisotopic (exact) mass is 375 g/mol. The topological polar surface area (TPSA) is 58.4 Å². The highest BCUT2D eigenvalue weighted by molar-refractivity contribution is 5.87. The van der Waals surface area contributed by atoms with Crippen LogP contribution in [0, 0.1) is 5.92 Å². The Morgan fingerprint density at radius 3 is 2.58 bits per heavy atom. The summed E-state index contributed by atoms with van der Waals surface area (Å²) in [6.07, 6.45) is 2.56. The van der Waals surface area contributed by atoms with Gasteiger partial charge in [0.15, 0.2) is 0 Å². The summed E-state index contributed by atoms with van der Waals surface area (Å²) in [5.74, 6) is 0.631. The van der Waals surface area contributed by atoms with Gasteiger partial charge in [-0.15, -0.1) is 24.8 Å². The highest BCUT2D eigenvalue weighted by atomic mass is 35.5. The van der Waals surface area contributed by atoms with Gasteiger partial charge in [-0.25, -0.2) is 0 Å². The number of hydrogen-bond acceptors (Lipinski definition) is 3. The summed E-state index contributed by atoms with van der Waals surface area (Å²) < 4.78 is 0. The Labute approximate surface area is 158 Å². The van der Waals surface area contributed by atoms with Crippen molar-refractivity contribution in [3.63, 3.8) is 0 Å². The fourth-order valence-electron chi connectivity index (χ4n) is 3.09. The molecule has 24 heavy (non-hydrogen) atoms. The zero-order valence-electron chi connectivity index (χ0n) is 14.8. The number of nitrogens with one attached hydrogen (secondary N) is 1. The first-order valence-corrected chi connectivity index (χ1v) is 8.28. The van der Waals surface area contributed by atoms with Gasteiger partial charge in [0.25, 0.3) is 0 Å². The van der Waals surface area contributed by atoms with Gasteiger partial charge in [0.2, 0.25) is 5.91 Å². The van der Waals surface area contributed by atoms with Crippen molar-refractivity contribution in [2.75, 3.05) is 19.6 Å². The molecular formula is C18H31Cl2N3O. The highest BCUT2D eigenvalue weighted by Gasteiger charge is 2.31. The lowest BCUT2D eigenvalue weighted by Gasteiger charge is -2.36. The first-order valence-electron chi connectivity index (χ1n) is 8.28. The molecule has 1 heterocycles. The van der Waals surface area contributed by atoms with Gasteiger partial charge >= 0.3 is 0 Å². The summed E-state index contributed by atoms with van der Waals surface area (Å²) in [7, 11) is 0. The molecule has 0 saturated carbocycles. The van der Waals surface area contributed by atoms with Crippen LogP contribution in [-0.4, -0.2) is 36.5 Å². The molecule has 1 aromatic rings. The van der Waals surface area contributed by atoms with Gasteiger partial charge in [0, 0.05) is 19.1 Å². The smallest absolute Gasteiger partial charge is 0.244 e. The molecule has 0 spiro atoms. The summed E-state index contributed by atoms with van der Waals surface area (Å²) in [6, 6.07) is 9.89. The van der Waals surface area contributed by atoms with E-state index in [0.717, 1.165) is 24.6 Å². The zero-order chi connectivity index (χ0) is 16.2. The second kappa shape index (κ2) is 10.2. The maximum atomic E-state index is 12.5. The van der Waals surface area contributed by atoms with Crippen molar-refractivity contribution in [2.24, 2.45) is 11.7 Å². The number of halogens is 2. The molecular weight excluding hydrogens is 345 g/mol. The van der Waals surface area contributed by atoms with Crippen LogP contribution in [0.15, 0.2) is 30.3 Å². The highest BCUT2D eigenvalue weighted by Crippen LogP contribution is 2.19. The van der Waals surface area contributed by atoms with Gasteiger partial charge in [0.1, 0.15) is 5.54 Å². The molecule has 0 aromatic heterocycles. The zero-order valence-corrected chi connectivity index (χ0v) is 16.5. The van der Waals surface area contributed by atoms with Crippen molar-refractivity contribution in [1.29, 1.82) is 0 Å². The molecule has 1 aliphatic heterocycles. The number of hydrogen-bond donors (Lipinski definition) is 2. The van der Waals surface area contributed by atoms with E-state index < -0.39 is 5.54 Å². The van der Waals surface area contributed by atoms with Crippen molar-refractivity contribution in [1.82, 2.24) is 10.2 Å². The minimum Gasteiger partial charge on any atom is -0.353 e. The van der Waals surface area contributed by atoms with Gasteiger partial charge in [0.05, 0.1) is 0 Å². The molecule has 3 N–H and O–H groups in total. The molecule has 0 aliphatic carbocycles. The number of likely N-dealkylation sites (tertiary alicyclic amines) is 1. The Bertz CT molecular complexity index is 496. The van der Waals surface area contributed by atoms with Gasteiger partial charge in [-0.2, -0.15) is 0 Å². The fraction of sp³-hybridized carbons (Fsp3) is 0.611. The van der Waals surface area contributed by atoms with E-state index in [-0.39, 0.29) is 30.7 Å². The maximum absolute atomic E-state index is 12.5. The Morgan fingerprint density at radius 2 is 2.00 bits per heavy atom. The molecule has 6 heteroatoms. The summed E-state index contributed by atoms with van der Waals surface area (Å²) in [5.41, 5.74) is 6.09. The first kappa shape index (κ1) is 23.2. The summed E-state index contributed by atoms with van der Waals surface area (Å²) in [4.78, 5) is 14.9. The molecule has 4 nitrogen and oxygen atoms in total. The van der Waals surface area contributed by atoms with Crippen LogP contribution in [0.25, 0.3) is 0 Å². The third kappa shape index (κ3) is 5.92. The van der Waals surface area contributed by atoms with Crippen molar-refractivity contribution in [3.8, 4) is 0 Å². The summed E-state index contributed by atoms with van der Waals surface area (Å²) >= 11 is 0. The Kier molecular flexibility index (Phi) is 9.90. The van der Waals surface area contributed by atoms with Crippen LogP contribution in [0.2, 0.25) is 0 Å². The average Bonchev–Trinajstić information content (AvgIpc) is 2.53. The normalized spacial score (nSPS) is 21.6. The van der Waals surface area contributed by atoms with E-state index in [2.05, 4.69) is 24.1 Å². The number of amides is 1. The van der Waals surface area contributed by atoms with Crippen molar-refractivity contribution < 1.29 is 4.79 Å². The number of carbonyl (C=O) groups is 1. The molecule has 3 atom stereocenters. The van der Waals surface area contributed by atoms with Crippen molar-refractivity contribution in [3.05, 3.63) is 35.9 Å². The van der Waals surface area contributed by atoms with E-state index in [9.17, 15) is 4.79 Å². The lowest BCUT2D eigenvalue weighted by Crippen LogP contribution is -2.53. The van der Waals surface area contributed by atoms with Gasteiger partial charge in [-0.1, -0.05) is 37.3 Å². The van der Waals surface area contributed by atoms with Gasteiger partial charge in [-0.3, -0.25) is 9.69 Å². The quantitative estimate of drug-likeness (QED) is 0.831. The largest absolute Gasteiger partial charge is 0.353 e. The van der Waals surface area contributed by atoms with Crippen LogP contribution < -0.4 is 11.1 Å². The number of benzene rings is 1. The molecule has 1 amide bonds. The minimum atomic E-state index is -0.990. The van der Waals surface area contributed by atoms with Crippen LogP contribution >= 0.6 is 24.8 Å². The van der Waals surface area contributed by atoms with E-state index in [4.69, 9.17) is 5.73 Å². The van der Waals surface area contributed by atoms with Crippen LogP contribution in [0.1, 0.15) is 39.2 Å². The van der Waals surface area contributed by atoms with E-state index in [0.29, 0.717) is 12.6 Å². The fourth-order valence-corrected chi connectivity index (χ4v) is 3.09. The van der Waals surface area contributed by atoms with Crippen LogP contribution in [0.5, 0.6) is 0 Å². The van der Waals surface area contributed by atoms with Gasteiger partial charge in [-0.05, 0) is 44.7 Å². The molecule has 1 aliphatic rings. The summed E-state index contributed by atoms with van der Waals surface area (Å²) in [6.45, 7) is 9.13. The van der Waals surface area contributed by atoms with Crippen LogP contribution in [-0.2, 0) is 10.3 Å². The first-order chi connectivity index (χ1) is 10.4. The second-order valence-electron chi connectivity index (χ2n) is 6.87. The van der Waals surface area contributed by atoms with E-state index in [1.165, 1.54) is 12.8 Å². The second-order valence-corrected chi connectivity index (χ2v) is 6.87. The maximum Gasteiger partial charge on any atom is 0.244 e. The average molecular weight is 376 g/mol. The molecule has 1 aromatic carbocycles. The Morgan fingerprint density at radius 1 is 1.38 bits per heavy atom. The Hall–Kier alpha value is -0.810. The molecule has 2 rings (SSSR count). The van der Waals surface area contributed by atoms with E-state index in [1.807, 2.05) is 30.3 Å². The minimum absolute atomic E-state index is 0. The number of rotatable bonds is 5. The number of carbonyl (C=O) groups excluding carboxylic acids is 1. The third-order valence-electron chi connectivity index (χ3n) is 4.71. The number of nitrogens with two attached hydrogens (primary N) is 1. The van der Waals surface area contributed by atoms with Crippen molar-refractivity contribution in [2.45, 2.75) is 45.2 Å². The van der Waals surface area contributed by atoms with Gasteiger partial charge < -0.3 is 11.1 Å². The Balaban J connectivity index is 0.00000264. The lowest BCUT2D eigenvalue weighted by atomic mass is 9.92. The lowest BCUT2D eigenvalue weighted by molar-refractivity contribution is -0.126. The summed E-state index contributed by atoms with van der Waals surface area (Å²) in [5, 5.41) is 3.03. The molecule has 0 bridgehead atoms. The van der Waals surface area contributed by atoms with Crippen LogP contribution in [0.3, 0.4) is 0 Å². The molecule has 1 fully saturated rings. The van der Waals surface area contributed by atoms with Crippen molar-refractivity contribution >= 4 is 30.7 Å². The molecule has 3 unspecified atom stereocenters. The standard InChI is InChI=1S/C18H29N3O.2ClH/c1-14-8-7-11-21(13-14)15(2)12-20-17(22)18(3,19)16-9-5-4-6-10-16;;/h4-6,9-10,14-15H,7-8,11-13,19H2,1-3H3,(H,20,22);2*1H. The molecule has 138 valence electrons. The van der Waals surface area contributed by atoms with Crippen LogP contribution in [0.4, 0.5) is 0 Å². The predicted octanol–water partition coefficient (Wildman–Crippen LogP) is 2.94. The molecule has 1 saturated heterocycles. The number of nitrogens with zero attached hydrogens (tertiary/aromatic N) is 1. The third-order valence-corrected chi connectivity index (χ3v) is 4.71. The predicted molar refractivity (Wildman–Crippen MR) is 105 cm³/mol. The number of piperidine rings is 1. The SMILES string of the molecule is CC1CCCN(C(C)CNC(=O)C(C)(N)c2ccccc2)C1.Cl.Cl. The van der Waals surface area contributed by atoms with E-state index >= 15 is 0 Å². The molecule has 0 radical (unpaired) electrons.